The summed E-state index contributed by atoms with van der Waals surface area (Å²) in [5.41, 5.74) is 5.67. The van der Waals surface area contributed by atoms with E-state index < -0.39 is 0 Å². The summed E-state index contributed by atoms with van der Waals surface area (Å²) in [6, 6.07) is 14.6. The van der Waals surface area contributed by atoms with E-state index in [9.17, 15) is 0 Å². The van der Waals surface area contributed by atoms with Crippen molar-refractivity contribution in [3.8, 4) is 11.3 Å². The minimum atomic E-state index is 1.00. The van der Waals surface area contributed by atoms with Crippen LogP contribution in [0.4, 0.5) is 0 Å². The van der Waals surface area contributed by atoms with Crippen molar-refractivity contribution in [3.63, 3.8) is 0 Å². The highest BCUT2D eigenvalue weighted by Gasteiger charge is 2.05. The number of nitrogens with zero attached hydrogens (tertiary/aromatic N) is 2. The molecule has 0 aliphatic carbocycles. The zero-order chi connectivity index (χ0) is 11.8. The first-order chi connectivity index (χ1) is 8.24. The molecule has 2 aromatic heterocycles. The van der Waals surface area contributed by atoms with E-state index in [-0.39, 0.29) is 0 Å². The van der Waals surface area contributed by atoms with E-state index in [0.29, 0.717) is 0 Å². The first kappa shape index (κ1) is 10.1. The zero-order valence-corrected chi connectivity index (χ0v) is 10.0. The molecule has 0 fully saturated rings. The number of aryl methyl sites for hydroxylation is 2. The molecule has 0 aliphatic rings. The van der Waals surface area contributed by atoms with Crippen molar-refractivity contribution in [2.45, 2.75) is 13.8 Å². The Bertz CT molecular complexity index is 680. The molecule has 0 bridgehead atoms. The van der Waals surface area contributed by atoms with Gasteiger partial charge in [-0.15, -0.1) is 0 Å². The quantitative estimate of drug-likeness (QED) is 0.614. The van der Waals surface area contributed by atoms with Gasteiger partial charge in [-0.05, 0) is 32.0 Å². The largest absolute Gasteiger partial charge is 0.304 e. The topological polar surface area (TPSA) is 17.3 Å². The van der Waals surface area contributed by atoms with Gasteiger partial charge in [0.05, 0.1) is 5.69 Å². The summed E-state index contributed by atoms with van der Waals surface area (Å²) in [5.74, 6) is 0. The first-order valence-electron chi connectivity index (χ1n) is 5.76. The molecule has 84 valence electrons. The molecule has 0 radical (unpaired) electrons. The molecule has 0 saturated carbocycles. The lowest BCUT2D eigenvalue weighted by Crippen LogP contribution is -1.86. The molecule has 0 unspecified atom stereocenters. The fourth-order valence-corrected chi connectivity index (χ4v) is 2.09. The summed E-state index contributed by atoms with van der Waals surface area (Å²) in [7, 11) is 0. The molecule has 3 rings (SSSR count). The zero-order valence-electron chi connectivity index (χ0n) is 10.0. The Hall–Kier alpha value is -2.09. The van der Waals surface area contributed by atoms with Crippen LogP contribution < -0.4 is 0 Å². The van der Waals surface area contributed by atoms with Gasteiger partial charge in [0.15, 0.2) is 0 Å². The summed E-state index contributed by atoms with van der Waals surface area (Å²) >= 11 is 0. The van der Waals surface area contributed by atoms with Crippen LogP contribution >= 0.6 is 0 Å². The second kappa shape index (κ2) is 3.74. The highest BCUT2D eigenvalue weighted by Crippen LogP contribution is 2.20. The predicted molar refractivity (Wildman–Crippen MR) is 70.1 cm³/mol. The molecule has 0 amide bonds. The minimum Gasteiger partial charge on any atom is -0.304 e. The maximum atomic E-state index is 4.65. The predicted octanol–water partition coefficient (Wildman–Crippen LogP) is 3.62. The molecule has 1 aromatic carbocycles. The van der Waals surface area contributed by atoms with Crippen LogP contribution in [0.5, 0.6) is 0 Å². The third kappa shape index (κ3) is 1.72. The first-order valence-corrected chi connectivity index (χ1v) is 5.76. The van der Waals surface area contributed by atoms with Gasteiger partial charge in [-0.25, -0.2) is 4.98 Å². The van der Waals surface area contributed by atoms with Crippen LogP contribution in [-0.4, -0.2) is 9.38 Å². The Labute approximate surface area is 101 Å². The Morgan fingerprint density at radius 1 is 1.00 bits per heavy atom. The van der Waals surface area contributed by atoms with Crippen molar-refractivity contribution in [1.29, 1.82) is 0 Å². The van der Waals surface area contributed by atoms with Gasteiger partial charge in [0.2, 0.25) is 0 Å². The average Bonchev–Trinajstić information content (AvgIpc) is 2.74. The highest BCUT2D eigenvalue weighted by atomic mass is 15.0. The van der Waals surface area contributed by atoms with Crippen molar-refractivity contribution < 1.29 is 0 Å². The van der Waals surface area contributed by atoms with E-state index in [4.69, 9.17) is 0 Å². The van der Waals surface area contributed by atoms with E-state index in [0.717, 1.165) is 11.3 Å². The second-order valence-corrected chi connectivity index (χ2v) is 4.39. The third-order valence-electron chi connectivity index (χ3n) is 3.01. The van der Waals surface area contributed by atoms with Gasteiger partial charge in [-0.2, -0.15) is 0 Å². The lowest BCUT2D eigenvalue weighted by molar-refractivity contribution is 1.09. The van der Waals surface area contributed by atoms with Crippen molar-refractivity contribution in [2.24, 2.45) is 0 Å². The maximum Gasteiger partial charge on any atom is 0.137 e. The molecule has 0 saturated heterocycles. The second-order valence-electron chi connectivity index (χ2n) is 4.39. The summed E-state index contributed by atoms with van der Waals surface area (Å²) in [6.45, 7) is 4.19. The van der Waals surface area contributed by atoms with Crippen molar-refractivity contribution in [1.82, 2.24) is 9.38 Å². The third-order valence-corrected chi connectivity index (χ3v) is 3.01. The molecule has 0 N–H and O–H groups in total. The number of rotatable bonds is 1. The molecule has 3 aromatic rings. The smallest absolute Gasteiger partial charge is 0.137 e. The van der Waals surface area contributed by atoms with Gasteiger partial charge in [-0.3, -0.25) is 0 Å². The monoisotopic (exact) mass is 222 g/mol. The van der Waals surface area contributed by atoms with Crippen LogP contribution in [0, 0.1) is 13.8 Å². The van der Waals surface area contributed by atoms with Crippen LogP contribution in [0.3, 0.4) is 0 Å². The van der Waals surface area contributed by atoms with Gasteiger partial charge in [0.25, 0.3) is 0 Å². The molecule has 0 atom stereocenters. The van der Waals surface area contributed by atoms with Gasteiger partial charge >= 0.3 is 0 Å². The maximum absolute atomic E-state index is 4.65. The standard InChI is InChI=1S/C15H14N2/c1-11-5-3-7-13(9-11)14-10-17-12(2)6-4-8-15(17)16-14/h3-10H,1-2H3. The normalized spacial score (nSPS) is 10.9. The number of aromatic nitrogens is 2. The van der Waals surface area contributed by atoms with E-state index in [1.54, 1.807) is 0 Å². The summed E-state index contributed by atoms with van der Waals surface area (Å²) < 4.78 is 2.12. The van der Waals surface area contributed by atoms with Crippen LogP contribution in [0.25, 0.3) is 16.9 Å². The molecule has 2 nitrogen and oxygen atoms in total. The molecular weight excluding hydrogens is 208 g/mol. The van der Waals surface area contributed by atoms with Crippen LogP contribution in [0.1, 0.15) is 11.3 Å². The lowest BCUT2D eigenvalue weighted by Gasteiger charge is -1.97. The van der Waals surface area contributed by atoms with Crippen molar-refractivity contribution in [2.75, 3.05) is 0 Å². The number of imidazole rings is 1. The van der Waals surface area contributed by atoms with E-state index in [2.05, 4.69) is 59.8 Å². The van der Waals surface area contributed by atoms with Gasteiger partial charge in [0, 0.05) is 17.5 Å². The highest BCUT2D eigenvalue weighted by molar-refractivity contribution is 5.63. The number of hydrogen-bond donors (Lipinski definition) is 0. The number of benzene rings is 1. The summed E-state index contributed by atoms with van der Waals surface area (Å²) in [5, 5.41) is 0. The van der Waals surface area contributed by atoms with Crippen molar-refractivity contribution >= 4 is 5.65 Å². The fraction of sp³-hybridized carbons (Fsp3) is 0.133. The molecule has 2 heterocycles. The number of pyridine rings is 1. The van der Waals surface area contributed by atoms with E-state index >= 15 is 0 Å². The molecule has 0 spiro atoms. The molecule has 2 heteroatoms. The van der Waals surface area contributed by atoms with Gasteiger partial charge in [0.1, 0.15) is 5.65 Å². The SMILES string of the molecule is Cc1cccc(-c2cn3c(C)cccc3n2)c1. The van der Waals surface area contributed by atoms with Gasteiger partial charge < -0.3 is 4.40 Å². The van der Waals surface area contributed by atoms with E-state index in [1.165, 1.54) is 16.8 Å². The molecule has 0 aliphatic heterocycles. The fourth-order valence-electron chi connectivity index (χ4n) is 2.09. The lowest BCUT2D eigenvalue weighted by atomic mass is 10.1. The minimum absolute atomic E-state index is 1.00. The summed E-state index contributed by atoms with van der Waals surface area (Å²) in [4.78, 5) is 4.65. The average molecular weight is 222 g/mol. The van der Waals surface area contributed by atoms with Crippen LogP contribution in [0.15, 0.2) is 48.7 Å². The van der Waals surface area contributed by atoms with Crippen LogP contribution in [0.2, 0.25) is 0 Å². The van der Waals surface area contributed by atoms with E-state index in [1.807, 2.05) is 12.1 Å². The Morgan fingerprint density at radius 2 is 1.82 bits per heavy atom. The Balaban J connectivity index is 2.22. The van der Waals surface area contributed by atoms with Crippen LogP contribution in [-0.2, 0) is 0 Å². The molecule has 17 heavy (non-hydrogen) atoms. The number of fused-ring (bicyclic) bond motifs is 1. The van der Waals surface area contributed by atoms with Gasteiger partial charge in [-0.1, -0.05) is 29.8 Å². The number of hydrogen-bond acceptors (Lipinski definition) is 1. The Morgan fingerprint density at radius 3 is 2.59 bits per heavy atom. The molecular formula is C15H14N2. The van der Waals surface area contributed by atoms with Crippen molar-refractivity contribution in [3.05, 3.63) is 59.9 Å². The summed E-state index contributed by atoms with van der Waals surface area (Å²) in [6.07, 6.45) is 2.10. The Kier molecular flexibility index (Phi) is 2.22.